The Labute approximate surface area is 112 Å². The van der Waals surface area contributed by atoms with Crippen LogP contribution in [-0.4, -0.2) is 52.6 Å². The molecule has 104 valence electrons. The van der Waals surface area contributed by atoms with Crippen LogP contribution in [0.3, 0.4) is 0 Å². The molecule has 0 spiro atoms. The second-order valence-electron chi connectivity index (χ2n) is 4.64. The van der Waals surface area contributed by atoms with Gasteiger partial charge in [-0.25, -0.2) is 4.79 Å². The highest BCUT2D eigenvalue weighted by atomic mass is 32.2. The number of amides is 2. The second kappa shape index (κ2) is 7.51. The topological polar surface area (TPSA) is 69.6 Å². The maximum Gasteiger partial charge on any atom is 0.317 e. The van der Waals surface area contributed by atoms with E-state index in [0.717, 1.165) is 25.3 Å². The third-order valence-corrected chi connectivity index (χ3v) is 4.15. The molecule has 2 atom stereocenters. The van der Waals surface area contributed by atoms with Crippen molar-refractivity contribution in [3.8, 4) is 0 Å². The molecule has 0 aromatic carbocycles. The van der Waals surface area contributed by atoms with E-state index in [1.807, 2.05) is 18.7 Å². The summed E-state index contributed by atoms with van der Waals surface area (Å²) in [5.41, 5.74) is 0. The zero-order chi connectivity index (χ0) is 13.5. The molecule has 1 saturated heterocycles. The molecule has 0 aliphatic carbocycles. The number of urea groups is 1. The van der Waals surface area contributed by atoms with E-state index in [9.17, 15) is 9.59 Å². The molecule has 2 N–H and O–H groups in total. The van der Waals surface area contributed by atoms with Gasteiger partial charge in [-0.15, -0.1) is 0 Å². The summed E-state index contributed by atoms with van der Waals surface area (Å²) in [4.78, 5) is 24.6. The Balaban J connectivity index is 2.36. The number of aliphatic carboxylic acids is 1. The predicted molar refractivity (Wildman–Crippen MR) is 72.9 cm³/mol. The standard InChI is InChI=1S/C12H22N2O3S/c1-3-4-10(11(15)16)7-13-12(17)14-5-6-18-9(2)8-14/h9-10H,3-8H2,1-2H3,(H,13,17)(H,15,16). The predicted octanol–water partition coefficient (Wildman–Crippen LogP) is 1.63. The van der Waals surface area contributed by atoms with Crippen LogP contribution in [0.4, 0.5) is 4.79 Å². The van der Waals surface area contributed by atoms with Crippen LogP contribution in [0.1, 0.15) is 26.7 Å². The van der Waals surface area contributed by atoms with Crippen LogP contribution in [0.25, 0.3) is 0 Å². The molecule has 1 aliphatic heterocycles. The number of nitrogens with one attached hydrogen (secondary N) is 1. The molecule has 2 amide bonds. The summed E-state index contributed by atoms with van der Waals surface area (Å²) in [5.74, 6) is -0.360. The molecule has 1 aliphatic rings. The minimum Gasteiger partial charge on any atom is -0.481 e. The van der Waals surface area contributed by atoms with Crippen molar-refractivity contribution in [2.24, 2.45) is 5.92 Å². The Bertz CT molecular complexity index is 299. The average molecular weight is 274 g/mol. The molecule has 1 fully saturated rings. The zero-order valence-electron chi connectivity index (χ0n) is 11.0. The average Bonchev–Trinajstić information content (AvgIpc) is 2.33. The number of carbonyl (C=O) groups excluding carboxylic acids is 1. The molecule has 0 saturated carbocycles. The summed E-state index contributed by atoms with van der Waals surface area (Å²) in [5, 5.41) is 12.2. The minimum atomic E-state index is -0.834. The number of carboxylic acid groups (broad SMARTS) is 1. The maximum atomic E-state index is 11.9. The van der Waals surface area contributed by atoms with Gasteiger partial charge in [0.1, 0.15) is 0 Å². The van der Waals surface area contributed by atoms with Gasteiger partial charge >= 0.3 is 12.0 Å². The van der Waals surface area contributed by atoms with Crippen molar-refractivity contribution in [2.75, 3.05) is 25.4 Å². The zero-order valence-corrected chi connectivity index (χ0v) is 11.8. The van der Waals surface area contributed by atoms with Crippen LogP contribution in [0, 0.1) is 5.92 Å². The van der Waals surface area contributed by atoms with Crippen molar-refractivity contribution in [2.45, 2.75) is 31.9 Å². The first kappa shape index (κ1) is 15.1. The first-order chi connectivity index (χ1) is 8.54. The second-order valence-corrected chi connectivity index (χ2v) is 6.18. The highest BCUT2D eigenvalue weighted by Gasteiger charge is 2.23. The summed E-state index contributed by atoms with van der Waals surface area (Å²) in [7, 11) is 0. The fourth-order valence-corrected chi connectivity index (χ4v) is 3.00. The van der Waals surface area contributed by atoms with Gasteiger partial charge in [-0.05, 0) is 6.42 Å². The molecule has 1 rings (SSSR count). The van der Waals surface area contributed by atoms with Crippen LogP contribution in [-0.2, 0) is 4.79 Å². The molecule has 18 heavy (non-hydrogen) atoms. The normalized spacial score (nSPS) is 21.4. The molecule has 2 unspecified atom stereocenters. The van der Waals surface area contributed by atoms with E-state index >= 15 is 0 Å². The summed E-state index contributed by atoms with van der Waals surface area (Å²) < 4.78 is 0. The van der Waals surface area contributed by atoms with Crippen LogP contribution < -0.4 is 5.32 Å². The minimum absolute atomic E-state index is 0.135. The quantitative estimate of drug-likeness (QED) is 0.799. The molecule has 0 aromatic heterocycles. The smallest absolute Gasteiger partial charge is 0.317 e. The Morgan fingerprint density at radius 2 is 2.28 bits per heavy atom. The lowest BCUT2D eigenvalue weighted by Gasteiger charge is -2.30. The van der Waals surface area contributed by atoms with Crippen molar-refractivity contribution in [1.82, 2.24) is 10.2 Å². The molecule has 5 nitrogen and oxygen atoms in total. The largest absolute Gasteiger partial charge is 0.481 e. The monoisotopic (exact) mass is 274 g/mol. The maximum absolute atomic E-state index is 11.9. The van der Waals surface area contributed by atoms with Crippen molar-refractivity contribution < 1.29 is 14.7 Å². The van der Waals surface area contributed by atoms with E-state index in [-0.39, 0.29) is 12.6 Å². The van der Waals surface area contributed by atoms with E-state index in [1.54, 1.807) is 4.90 Å². The third kappa shape index (κ3) is 4.76. The van der Waals surface area contributed by atoms with Crippen LogP contribution >= 0.6 is 11.8 Å². The number of nitrogens with zero attached hydrogens (tertiary/aromatic N) is 1. The fraction of sp³-hybridized carbons (Fsp3) is 0.833. The number of hydrogen-bond acceptors (Lipinski definition) is 3. The van der Waals surface area contributed by atoms with Gasteiger partial charge < -0.3 is 15.3 Å². The molecular weight excluding hydrogens is 252 g/mol. The Kier molecular flexibility index (Phi) is 6.32. The van der Waals surface area contributed by atoms with E-state index in [2.05, 4.69) is 12.2 Å². The Morgan fingerprint density at radius 3 is 2.83 bits per heavy atom. The number of rotatable bonds is 5. The Hall–Kier alpha value is -0.910. The summed E-state index contributed by atoms with van der Waals surface area (Å²) in [6.07, 6.45) is 1.41. The van der Waals surface area contributed by atoms with Gasteiger partial charge in [0, 0.05) is 30.6 Å². The third-order valence-electron chi connectivity index (χ3n) is 3.01. The van der Waals surface area contributed by atoms with E-state index in [4.69, 9.17) is 5.11 Å². The van der Waals surface area contributed by atoms with Gasteiger partial charge in [0.15, 0.2) is 0 Å². The van der Waals surface area contributed by atoms with Crippen LogP contribution in [0.15, 0.2) is 0 Å². The summed E-state index contributed by atoms with van der Waals surface area (Å²) in [6, 6.07) is -0.135. The van der Waals surface area contributed by atoms with Gasteiger partial charge in [0.25, 0.3) is 0 Å². The highest BCUT2D eigenvalue weighted by molar-refractivity contribution is 7.99. The lowest BCUT2D eigenvalue weighted by Crippen LogP contribution is -2.48. The Morgan fingerprint density at radius 1 is 1.56 bits per heavy atom. The van der Waals surface area contributed by atoms with E-state index in [1.165, 1.54) is 0 Å². The van der Waals surface area contributed by atoms with Gasteiger partial charge in [-0.1, -0.05) is 20.3 Å². The van der Waals surface area contributed by atoms with Crippen molar-refractivity contribution in [3.63, 3.8) is 0 Å². The van der Waals surface area contributed by atoms with E-state index < -0.39 is 11.9 Å². The lowest BCUT2D eigenvalue weighted by molar-refractivity contribution is -0.141. The number of hydrogen-bond donors (Lipinski definition) is 2. The van der Waals surface area contributed by atoms with Crippen molar-refractivity contribution in [3.05, 3.63) is 0 Å². The number of thioether (sulfide) groups is 1. The van der Waals surface area contributed by atoms with Crippen molar-refractivity contribution >= 4 is 23.8 Å². The van der Waals surface area contributed by atoms with E-state index in [0.29, 0.717) is 11.7 Å². The number of carboxylic acids is 1. The highest BCUT2D eigenvalue weighted by Crippen LogP contribution is 2.17. The summed E-state index contributed by atoms with van der Waals surface area (Å²) >= 11 is 1.86. The lowest BCUT2D eigenvalue weighted by atomic mass is 10.0. The molecule has 0 radical (unpaired) electrons. The first-order valence-corrected chi connectivity index (χ1v) is 7.46. The summed E-state index contributed by atoms with van der Waals surface area (Å²) in [6.45, 7) is 5.75. The van der Waals surface area contributed by atoms with Gasteiger partial charge in [0.2, 0.25) is 0 Å². The molecule has 1 heterocycles. The SMILES string of the molecule is CCCC(CNC(=O)N1CCSC(C)C1)C(=O)O. The van der Waals surface area contributed by atoms with Gasteiger partial charge in [0.05, 0.1) is 5.92 Å². The first-order valence-electron chi connectivity index (χ1n) is 6.41. The molecular formula is C12H22N2O3S. The number of carbonyl (C=O) groups is 2. The molecule has 0 bridgehead atoms. The molecule has 6 heteroatoms. The van der Waals surface area contributed by atoms with Crippen LogP contribution in [0.2, 0.25) is 0 Å². The van der Waals surface area contributed by atoms with Crippen LogP contribution in [0.5, 0.6) is 0 Å². The van der Waals surface area contributed by atoms with Gasteiger partial charge in [-0.3, -0.25) is 4.79 Å². The molecule has 0 aromatic rings. The van der Waals surface area contributed by atoms with Crippen molar-refractivity contribution in [1.29, 1.82) is 0 Å². The van der Waals surface area contributed by atoms with Gasteiger partial charge in [-0.2, -0.15) is 11.8 Å². The fourth-order valence-electron chi connectivity index (χ4n) is 1.99.